The summed E-state index contributed by atoms with van der Waals surface area (Å²) in [4.78, 5) is 0. The number of aryl methyl sites for hydroxylation is 1. The first kappa shape index (κ1) is 14.5. The number of benzene rings is 2. The molecular formula is C15H12F4O. The molecule has 1 nitrogen and oxygen atoms in total. The van der Waals surface area contributed by atoms with Crippen LogP contribution >= 0.6 is 0 Å². The van der Waals surface area contributed by atoms with E-state index in [0.29, 0.717) is 0 Å². The maximum atomic E-state index is 13.6. The van der Waals surface area contributed by atoms with Crippen LogP contribution in [-0.4, -0.2) is 5.11 Å². The molecule has 0 saturated carbocycles. The molecule has 2 rings (SSSR count). The molecule has 0 aliphatic heterocycles. The maximum absolute atomic E-state index is 13.6. The largest absolute Gasteiger partial charge is 0.416 e. The molecule has 0 heterocycles. The minimum Gasteiger partial charge on any atom is -0.384 e. The summed E-state index contributed by atoms with van der Waals surface area (Å²) < 4.78 is 51.3. The Labute approximate surface area is 113 Å². The Balaban J connectivity index is 2.42. The van der Waals surface area contributed by atoms with E-state index in [4.69, 9.17) is 0 Å². The van der Waals surface area contributed by atoms with Gasteiger partial charge in [-0.3, -0.25) is 0 Å². The number of rotatable bonds is 2. The number of aliphatic hydroxyl groups is 1. The molecule has 2 aromatic rings. The van der Waals surface area contributed by atoms with Crippen molar-refractivity contribution in [2.45, 2.75) is 19.2 Å². The van der Waals surface area contributed by atoms with Gasteiger partial charge in [-0.15, -0.1) is 0 Å². The minimum atomic E-state index is -4.44. The number of alkyl halides is 3. The molecule has 0 amide bonds. The topological polar surface area (TPSA) is 20.2 Å². The number of halogens is 4. The highest BCUT2D eigenvalue weighted by Gasteiger charge is 2.31. The molecule has 106 valence electrons. The first-order chi connectivity index (χ1) is 9.30. The normalized spacial score (nSPS) is 13.3. The van der Waals surface area contributed by atoms with Gasteiger partial charge in [-0.05, 0) is 36.2 Å². The fraction of sp³-hybridized carbons (Fsp3) is 0.200. The van der Waals surface area contributed by atoms with Gasteiger partial charge in [0.25, 0.3) is 0 Å². The smallest absolute Gasteiger partial charge is 0.384 e. The standard InChI is InChI=1S/C15H12F4O/c1-9-8-10(15(17,18)19)6-7-11(9)14(20)12-4-2-3-5-13(12)16/h2-8,14,20H,1H3. The molecule has 0 radical (unpaired) electrons. The zero-order valence-electron chi connectivity index (χ0n) is 10.6. The molecule has 20 heavy (non-hydrogen) atoms. The van der Waals surface area contributed by atoms with E-state index in [1.165, 1.54) is 31.2 Å². The average molecular weight is 284 g/mol. The van der Waals surface area contributed by atoms with Crippen LogP contribution in [0.25, 0.3) is 0 Å². The van der Waals surface area contributed by atoms with Crippen molar-refractivity contribution >= 4 is 0 Å². The summed E-state index contributed by atoms with van der Waals surface area (Å²) in [6, 6.07) is 8.63. The zero-order chi connectivity index (χ0) is 14.9. The summed E-state index contributed by atoms with van der Waals surface area (Å²) in [7, 11) is 0. The molecule has 0 aromatic heterocycles. The van der Waals surface area contributed by atoms with E-state index in [-0.39, 0.29) is 16.7 Å². The molecule has 0 aliphatic carbocycles. The molecule has 0 spiro atoms. The van der Waals surface area contributed by atoms with Crippen molar-refractivity contribution in [2.75, 3.05) is 0 Å². The van der Waals surface area contributed by atoms with Crippen molar-refractivity contribution in [2.24, 2.45) is 0 Å². The van der Waals surface area contributed by atoms with Crippen molar-refractivity contribution < 1.29 is 22.7 Å². The second kappa shape index (κ2) is 5.25. The highest BCUT2D eigenvalue weighted by atomic mass is 19.4. The van der Waals surface area contributed by atoms with Crippen molar-refractivity contribution in [3.8, 4) is 0 Å². The number of aliphatic hydroxyl groups excluding tert-OH is 1. The summed E-state index contributed by atoms with van der Waals surface area (Å²) in [5.74, 6) is -0.598. The third-order valence-corrected chi connectivity index (χ3v) is 3.09. The van der Waals surface area contributed by atoms with E-state index >= 15 is 0 Å². The summed E-state index contributed by atoms with van der Waals surface area (Å²) in [6.45, 7) is 1.45. The Hall–Kier alpha value is -1.88. The Kier molecular flexibility index (Phi) is 3.81. The van der Waals surface area contributed by atoms with E-state index in [0.717, 1.165) is 12.1 Å². The van der Waals surface area contributed by atoms with Gasteiger partial charge < -0.3 is 5.11 Å². The molecule has 0 fully saturated rings. The van der Waals surface area contributed by atoms with Crippen LogP contribution in [0.5, 0.6) is 0 Å². The van der Waals surface area contributed by atoms with Crippen molar-refractivity contribution in [3.63, 3.8) is 0 Å². The molecule has 0 saturated heterocycles. The van der Waals surface area contributed by atoms with Gasteiger partial charge in [-0.2, -0.15) is 13.2 Å². The van der Waals surface area contributed by atoms with Gasteiger partial charge in [0, 0.05) is 5.56 Å². The van der Waals surface area contributed by atoms with Crippen LogP contribution in [-0.2, 0) is 6.18 Å². The van der Waals surface area contributed by atoms with Crippen LogP contribution in [0.2, 0.25) is 0 Å². The lowest BCUT2D eigenvalue weighted by atomic mass is 9.95. The maximum Gasteiger partial charge on any atom is 0.416 e. The minimum absolute atomic E-state index is 0.0374. The monoisotopic (exact) mass is 284 g/mol. The first-order valence-corrected chi connectivity index (χ1v) is 5.91. The van der Waals surface area contributed by atoms with E-state index in [2.05, 4.69) is 0 Å². The highest BCUT2D eigenvalue weighted by molar-refractivity contribution is 5.38. The Morgan fingerprint density at radius 2 is 1.65 bits per heavy atom. The van der Waals surface area contributed by atoms with Crippen LogP contribution in [0.1, 0.15) is 28.4 Å². The summed E-state index contributed by atoms with van der Waals surface area (Å²) in [5.41, 5.74) is -0.242. The third-order valence-electron chi connectivity index (χ3n) is 3.09. The fourth-order valence-electron chi connectivity index (χ4n) is 2.02. The summed E-state index contributed by atoms with van der Waals surface area (Å²) in [5, 5.41) is 10.1. The van der Waals surface area contributed by atoms with E-state index in [1.54, 1.807) is 6.07 Å². The van der Waals surface area contributed by atoms with Crippen LogP contribution in [0, 0.1) is 12.7 Å². The second-order valence-electron chi connectivity index (χ2n) is 4.49. The van der Waals surface area contributed by atoms with Crippen LogP contribution < -0.4 is 0 Å². The average Bonchev–Trinajstić information content (AvgIpc) is 2.37. The molecule has 1 atom stereocenters. The molecule has 0 bridgehead atoms. The van der Waals surface area contributed by atoms with Gasteiger partial charge >= 0.3 is 6.18 Å². The molecule has 2 aromatic carbocycles. The lowest BCUT2D eigenvalue weighted by Crippen LogP contribution is -2.09. The third kappa shape index (κ3) is 2.82. The highest BCUT2D eigenvalue weighted by Crippen LogP contribution is 2.33. The zero-order valence-corrected chi connectivity index (χ0v) is 10.6. The Morgan fingerprint density at radius 3 is 2.20 bits per heavy atom. The Bertz CT molecular complexity index is 620. The van der Waals surface area contributed by atoms with Gasteiger partial charge in [-0.25, -0.2) is 4.39 Å². The molecular weight excluding hydrogens is 272 g/mol. The van der Waals surface area contributed by atoms with Gasteiger partial charge in [0.15, 0.2) is 0 Å². The molecule has 5 heteroatoms. The SMILES string of the molecule is Cc1cc(C(F)(F)F)ccc1C(O)c1ccccc1F. The van der Waals surface area contributed by atoms with Gasteiger partial charge in [-0.1, -0.05) is 24.3 Å². The first-order valence-electron chi connectivity index (χ1n) is 5.91. The van der Waals surface area contributed by atoms with Gasteiger partial charge in [0.2, 0.25) is 0 Å². The fourth-order valence-corrected chi connectivity index (χ4v) is 2.02. The molecule has 1 N–H and O–H groups in total. The van der Waals surface area contributed by atoms with Crippen LogP contribution in [0.15, 0.2) is 42.5 Å². The van der Waals surface area contributed by atoms with E-state index in [9.17, 15) is 22.7 Å². The Morgan fingerprint density at radius 1 is 1.00 bits per heavy atom. The van der Waals surface area contributed by atoms with Crippen LogP contribution in [0.3, 0.4) is 0 Å². The van der Waals surface area contributed by atoms with Crippen LogP contribution in [0.4, 0.5) is 17.6 Å². The number of hydrogen-bond donors (Lipinski definition) is 1. The second-order valence-corrected chi connectivity index (χ2v) is 4.49. The molecule has 1 unspecified atom stereocenters. The quantitative estimate of drug-likeness (QED) is 0.818. The van der Waals surface area contributed by atoms with E-state index < -0.39 is 23.7 Å². The number of hydrogen-bond acceptors (Lipinski definition) is 1. The van der Waals surface area contributed by atoms with Crippen molar-refractivity contribution in [1.82, 2.24) is 0 Å². The summed E-state index contributed by atoms with van der Waals surface area (Å²) >= 11 is 0. The lowest BCUT2D eigenvalue weighted by molar-refractivity contribution is -0.137. The van der Waals surface area contributed by atoms with E-state index in [1.807, 2.05) is 0 Å². The van der Waals surface area contributed by atoms with Crippen molar-refractivity contribution in [1.29, 1.82) is 0 Å². The van der Waals surface area contributed by atoms with Crippen molar-refractivity contribution in [3.05, 3.63) is 70.5 Å². The predicted octanol–water partition coefficient (Wildman–Crippen LogP) is 4.23. The predicted molar refractivity (Wildman–Crippen MR) is 66.6 cm³/mol. The van der Waals surface area contributed by atoms with Gasteiger partial charge in [0.05, 0.1) is 5.56 Å². The lowest BCUT2D eigenvalue weighted by Gasteiger charge is -2.16. The summed E-state index contributed by atoms with van der Waals surface area (Å²) in [6.07, 6.45) is -5.73. The van der Waals surface area contributed by atoms with Gasteiger partial charge in [0.1, 0.15) is 11.9 Å². The molecule has 0 aliphatic rings.